The summed E-state index contributed by atoms with van der Waals surface area (Å²) in [6, 6.07) is 28.3. The molecule has 1 fully saturated rings. The number of piperidine rings is 1. The van der Waals surface area contributed by atoms with Gasteiger partial charge < -0.3 is 20.4 Å². The van der Waals surface area contributed by atoms with Gasteiger partial charge in [-0.05, 0) is 61.1 Å². The fraction of sp³-hybridized carbons (Fsp3) is 0.367. The minimum Gasteiger partial charge on any atom is -0.480 e. The molecule has 0 aromatic heterocycles. The lowest BCUT2D eigenvalue weighted by molar-refractivity contribution is -0.136. The topological polar surface area (TPSA) is 72.8 Å². The number of carbonyl (C=O) groups is 1. The first-order valence-electron chi connectivity index (χ1n) is 12.7. The molecule has 0 atom stereocenters. The molecule has 190 valence electrons. The maximum Gasteiger partial charge on any atom is 0.317 e. The highest BCUT2D eigenvalue weighted by molar-refractivity contribution is 6.30. The van der Waals surface area contributed by atoms with Crippen LogP contribution in [-0.4, -0.2) is 53.8 Å². The second-order valence-electron chi connectivity index (χ2n) is 9.80. The van der Waals surface area contributed by atoms with Gasteiger partial charge in [-0.3, -0.25) is 4.79 Å². The molecule has 36 heavy (non-hydrogen) atoms. The molecule has 0 unspecified atom stereocenters. The zero-order valence-electron chi connectivity index (χ0n) is 20.6. The second-order valence-corrected chi connectivity index (χ2v) is 10.2. The number of halogens is 1. The van der Waals surface area contributed by atoms with E-state index in [1.807, 2.05) is 60.7 Å². The number of aliphatic carboxylic acids is 1. The molecule has 0 amide bonds. The van der Waals surface area contributed by atoms with Crippen molar-refractivity contribution in [2.24, 2.45) is 0 Å². The highest BCUT2D eigenvalue weighted by Crippen LogP contribution is 2.37. The molecule has 1 heterocycles. The van der Waals surface area contributed by atoms with Crippen molar-refractivity contribution >= 4 is 17.6 Å². The van der Waals surface area contributed by atoms with Crippen molar-refractivity contribution in [1.82, 2.24) is 10.2 Å². The number of hydrogen-bond acceptors (Lipinski definition) is 4. The molecule has 1 aliphatic heterocycles. The monoisotopic (exact) mass is 506 g/mol. The van der Waals surface area contributed by atoms with Crippen LogP contribution in [0.3, 0.4) is 0 Å². The lowest BCUT2D eigenvalue weighted by atomic mass is 9.71. The Kier molecular flexibility index (Phi) is 8.81. The predicted molar refractivity (Wildman–Crippen MR) is 144 cm³/mol. The Balaban J connectivity index is 1.45. The first-order chi connectivity index (χ1) is 17.4. The van der Waals surface area contributed by atoms with Crippen LogP contribution in [0.2, 0.25) is 5.02 Å². The summed E-state index contributed by atoms with van der Waals surface area (Å²) in [4.78, 5) is 13.7. The van der Waals surface area contributed by atoms with Crippen LogP contribution in [0.25, 0.3) is 0 Å². The van der Waals surface area contributed by atoms with Crippen LogP contribution in [0.15, 0.2) is 84.9 Å². The number of nitrogens with one attached hydrogen (secondary N) is 1. The molecule has 1 saturated heterocycles. The van der Waals surface area contributed by atoms with Crippen LogP contribution in [-0.2, 0) is 15.8 Å². The average Bonchev–Trinajstić information content (AvgIpc) is 2.90. The zero-order valence-corrected chi connectivity index (χ0v) is 21.3. The van der Waals surface area contributed by atoms with E-state index in [1.165, 1.54) is 11.1 Å². The van der Waals surface area contributed by atoms with Crippen molar-refractivity contribution < 1.29 is 15.0 Å². The maximum atomic E-state index is 11.3. The van der Waals surface area contributed by atoms with E-state index in [0.29, 0.717) is 24.4 Å². The number of aliphatic hydroxyl groups is 1. The third-order valence-corrected chi connectivity index (χ3v) is 7.75. The molecule has 0 aliphatic carbocycles. The first kappa shape index (κ1) is 26.4. The number of carboxylic acids is 1. The molecule has 3 aromatic rings. The molecule has 0 bridgehead atoms. The lowest BCUT2D eigenvalue weighted by Gasteiger charge is -2.40. The van der Waals surface area contributed by atoms with Gasteiger partial charge in [-0.15, -0.1) is 0 Å². The molecule has 0 saturated carbocycles. The van der Waals surface area contributed by atoms with Gasteiger partial charge in [0, 0.05) is 30.1 Å². The van der Waals surface area contributed by atoms with E-state index in [1.54, 1.807) is 0 Å². The summed E-state index contributed by atoms with van der Waals surface area (Å²) in [5, 5.41) is 24.3. The molecule has 5 nitrogen and oxygen atoms in total. The quantitative estimate of drug-likeness (QED) is 0.339. The van der Waals surface area contributed by atoms with E-state index in [4.69, 9.17) is 11.6 Å². The molecule has 6 heteroatoms. The fourth-order valence-corrected chi connectivity index (χ4v) is 5.57. The number of likely N-dealkylation sites (tertiary alicyclic amines) is 1. The Hall–Kier alpha value is -2.70. The standard InChI is InChI=1S/C30H35ClN2O3/c31-27-14-12-26(13-15-27)30(36)17-20-33(21-18-30)19-7-16-29(23-32-22-28(34)35,24-8-3-1-4-9-24)25-10-5-2-6-11-25/h1-6,8-15,32,36H,7,16-23H2,(H,34,35). The Labute approximate surface area is 218 Å². The second kappa shape index (κ2) is 12.0. The summed E-state index contributed by atoms with van der Waals surface area (Å²) >= 11 is 6.03. The average molecular weight is 507 g/mol. The third-order valence-electron chi connectivity index (χ3n) is 7.50. The molecular weight excluding hydrogens is 472 g/mol. The summed E-state index contributed by atoms with van der Waals surface area (Å²) in [6.07, 6.45) is 3.22. The van der Waals surface area contributed by atoms with Gasteiger partial charge in [0.25, 0.3) is 0 Å². The zero-order chi connectivity index (χ0) is 25.4. The summed E-state index contributed by atoms with van der Waals surface area (Å²) in [6.45, 7) is 3.07. The van der Waals surface area contributed by atoms with Gasteiger partial charge >= 0.3 is 5.97 Å². The highest BCUT2D eigenvalue weighted by Gasteiger charge is 2.36. The van der Waals surface area contributed by atoms with E-state index in [-0.39, 0.29) is 12.0 Å². The number of nitrogens with zero attached hydrogens (tertiary/aromatic N) is 1. The number of rotatable bonds is 11. The van der Waals surface area contributed by atoms with E-state index in [9.17, 15) is 15.0 Å². The van der Waals surface area contributed by atoms with Gasteiger partial charge in [-0.2, -0.15) is 0 Å². The highest BCUT2D eigenvalue weighted by atomic mass is 35.5. The van der Waals surface area contributed by atoms with Gasteiger partial charge in [0.15, 0.2) is 0 Å². The normalized spacial score (nSPS) is 16.1. The van der Waals surface area contributed by atoms with Gasteiger partial charge in [0.1, 0.15) is 0 Å². The Bertz CT molecular complexity index is 1060. The van der Waals surface area contributed by atoms with Crippen molar-refractivity contribution in [3.8, 4) is 0 Å². The molecule has 0 radical (unpaired) electrons. The lowest BCUT2D eigenvalue weighted by Crippen LogP contribution is -2.44. The number of hydrogen-bond donors (Lipinski definition) is 3. The van der Waals surface area contributed by atoms with Gasteiger partial charge in [0.05, 0.1) is 12.1 Å². The van der Waals surface area contributed by atoms with Crippen LogP contribution >= 0.6 is 11.6 Å². The molecule has 4 rings (SSSR count). The van der Waals surface area contributed by atoms with E-state index in [0.717, 1.165) is 38.0 Å². The van der Waals surface area contributed by atoms with Gasteiger partial charge in [-0.1, -0.05) is 84.4 Å². The summed E-state index contributed by atoms with van der Waals surface area (Å²) in [7, 11) is 0. The Morgan fingerprint density at radius 3 is 2.00 bits per heavy atom. The van der Waals surface area contributed by atoms with E-state index in [2.05, 4.69) is 34.5 Å². The largest absolute Gasteiger partial charge is 0.480 e. The minimum atomic E-state index is -0.855. The summed E-state index contributed by atoms with van der Waals surface area (Å²) < 4.78 is 0. The molecule has 0 spiro atoms. The number of benzene rings is 3. The van der Waals surface area contributed by atoms with Gasteiger partial charge in [0.2, 0.25) is 0 Å². The predicted octanol–water partition coefficient (Wildman–Crippen LogP) is 5.06. The maximum absolute atomic E-state index is 11.3. The Morgan fingerprint density at radius 2 is 1.47 bits per heavy atom. The SMILES string of the molecule is O=C(O)CNCC(CCCN1CCC(O)(c2ccc(Cl)cc2)CC1)(c1ccccc1)c1ccccc1. The van der Waals surface area contributed by atoms with Crippen molar-refractivity contribution in [1.29, 1.82) is 0 Å². The number of carboxylic acid groups (broad SMARTS) is 1. The molecule has 1 aliphatic rings. The van der Waals surface area contributed by atoms with Crippen molar-refractivity contribution in [2.45, 2.75) is 36.7 Å². The fourth-order valence-electron chi connectivity index (χ4n) is 5.44. The van der Waals surface area contributed by atoms with E-state index >= 15 is 0 Å². The molecular formula is C30H35ClN2O3. The third kappa shape index (κ3) is 6.34. The van der Waals surface area contributed by atoms with Crippen LogP contribution in [0.5, 0.6) is 0 Å². The minimum absolute atomic E-state index is 0.0726. The smallest absolute Gasteiger partial charge is 0.317 e. The van der Waals surface area contributed by atoms with Gasteiger partial charge in [-0.25, -0.2) is 0 Å². The first-order valence-corrected chi connectivity index (χ1v) is 13.0. The van der Waals surface area contributed by atoms with Crippen molar-refractivity contribution in [2.75, 3.05) is 32.7 Å². The molecule has 3 aromatic carbocycles. The van der Waals surface area contributed by atoms with Crippen LogP contribution in [0, 0.1) is 0 Å². The van der Waals surface area contributed by atoms with Crippen molar-refractivity contribution in [3.63, 3.8) is 0 Å². The van der Waals surface area contributed by atoms with Crippen LogP contribution in [0.4, 0.5) is 0 Å². The van der Waals surface area contributed by atoms with Crippen molar-refractivity contribution in [3.05, 3.63) is 107 Å². The van der Waals surface area contributed by atoms with E-state index < -0.39 is 11.6 Å². The van der Waals surface area contributed by atoms with Crippen LogP contribution in [0.1, 0.15) is 42.4 Å². The summed E-state index contributed by atoms with van der Waals surface area (Å²) in [5.74, 6) is -0.855. The molecule has 3 N–H and O–H groups in total. The Morgan fingerprint density at radius 1 is 0.917 bits per heavy atom. The summed E-state index contributed by atoms with van der Waals surface area (Å²) in [5.41, 5.74) is 2.16. The van der Waals surface area contributed by atoms with Crippen LogP contribution < -0.4 is 5.32 Å².